The number of methoxy groups -OCH3 is 2. The van der Waals surface area contributed by atoms with Gasteiger partial charge in [-0.05, 0) is 50.6 Å². The standard InChI is InChI=1S/C22H28N2O6S/c1-6-24-17-9-8-16(12-19(17)30-14-22(2,3)21(24)25)23-31(26,27)13-15-7-10-18(28-4)20(11-15)29-5/h7-12,23H,6,13-14H2,1-5H3. The Hall–Kier alpha value is -2.94. The molecule has 0 aliphatic carbocycles. The van der Waals surface area contributed by atoms with Crippen LogP contribution in [0.25, 0.3) is 0 Å². The van der Waals surface area contributed by atoms with Gasteiger partial charge in [-0.1, -0.05) is 6.07 Å². The zero-order chi connectivity index (χ0) is 22.8. The molecular weight excluding hydrogens is 420 g/mol. The number of ether oxygens (including phenoxy) is 3. The van der Waals surface area contributed by atoms with Crippen LogP contribution in [0.5, 0.6) is 17.2 Å². The Labute approximate surface area is 183 Å². The van der Waals surface area contributed by atoms with Crippen LogP contribution < -0.4 is 23.8 Å². The van der Waals surface area contributed by atoms with Crippen molar-refractivity contribution in [1.82, 2.24) is 0 Å². The van der Waals surface area contributed by atoms with E-state index in [0.717, 1.165) is 0 Å². The Morgan fingerprint density at radius 3 is 2.45 bits per heavy atom. The first kappa shape index (κ1) is 22.7. The largest absolute Gasteiger partial charge is 0.493 e. The lowest BCUT2D eigenvalue weighted by atomic mass is 9.93. The van der Waals surface area contributed by atoms with E-state index >= 15 is 0 Å². The third-order valence-electron chi connectivity index (χ3n) is 5.06. The van der Waals surface area contributed by atoms with Crippen LogP contribution in [0.3, 0.4) is 0 Å². The smallest absolute Gasteiger partial charge is 0.236 e. The molecule has 0 aromatic heterocycles. The van der Waals surface area contributed by atoms with Crippen LogP contribution in [0, 0.1) is 5.41 Å². The Bertz CT molecular complexity index is 1080. The van der Waals surface area contributed by atoms with E-state index in [0.29, 0.717) is 40.7 Å². The highest BCUT2D eigenvalue weighted by Gasteiger charge is 2.37. The number of sulfonamides is 1. The molecule has 1 heterocycles. The number of nitrogens with zero attached hydrogens (tertiary/aromatic N) is 1. The number of hydrogen-bond acceptors (Lipinski definition) is 6. The summed E-state index contributed by atoms with van der Waals surface area (Å²) in [5, 5.41) is 0. The fourth-order valence-electron chi connectivity index (χ4n) is 3.43. The molecule has 2 aromatic carbocycles. The van der Waals surface area contributed by atoms with Gasteiger partial charge in [-0.15, -0.1) is 0 Å². The fourth-order valence-corrected chi connectivity index (χ4v) is 4.61. The van der Waals surface area contributed by atoms with Gasteiger partial charge >= 0.3 is 0 Å². The van der Waals surface area contributed by atoms with Crippen molar-refractivity contribution in [2.24, 2.45) is 5.41 Å². The number of hydrogen-bond donors (Lipinski definition) is 1. The Balaban J connectivity index is 1.84. The number of nitrogens with one attached hydrogen (secondary N) is 1. The number of carbonyl (C=O) groups is 1. The van der Waals surface area contributed by atoms with Gasteiger partial charge in [-0.3, -0.25) is 9.52 Å². The summed E-state index contributed by atoms with van der Waals surface area (Å²) in [5.41, 5.74) is 0.867. The zero-order valence-corrected chi connectivity index (χ0v) is 19.2. The van der Waals surface area contributed by atoms with Crippen molar-refractivity contribution in [3.05, 3.63) is 42.0 Å². The predicted octanol–water partition coefficient (Wildman–Crippen LogP) is 3.42. The van der Waals surface area contributed by atoms with Crippen LogP contribution in [-0.4, -0.2) is 41.7 Å². The van der Waals surface area contributed by atoms with Gasteiger partial charge in [0.15, 0.2) is 11.5 Å². The molecule has 0 saturated heterocycles. The van der Waals surface area contributed by atoms with Crippen LogP contribution >= 0.6 is 0 Å². The van der Waals surface area contributed by atoms with Crippen LogP contribution in [0.1, 0.15) is 26.3 Å². The van der Waals surface area contributed by atoms with E-state index in [4.69, 9.17) is 14.2 Å². The van der Waals surface area contributed by atoms with Crippen LogP contribution in [0.2, 0.25) is 0 Å². The van der Waals surface area contributed by atoms with Gasteiger partial charge in [-0.25, -0.2) is 8.42 Å². The van der Waals surface area contributed by atoms with Gasteiger partial charge in [0, 0.05) is 12.6 Å². The minimum atomic E-state index is -3.70. The van der Waals surface area contributed by atoms with Crippen molar-refractivity contribution >= 4 is 27.3 Å². The number of amides is 1. The lowest BCUT2D eigenvalue weighted by Gasteiger charge is -2.26. The van der Waals surface area contributed by atoms with E-state index < -0.39 is 15.4 Å². The molecule has 0 bridgehead atoms. The summed E-state index contributed by atoms with van der Waals surface area (Å²) in [4.78, 5) is 14.4. The highest BCUT2D eigenvalue weighted by Crippen LogP contribution is 2.38. The van der Waals surface area contributed by atoms with Crippen molar-refractivity contribution in [2.75, 3.05) is 37.0 Å². The second-order valence-corrected chi connectivity index (χ2v) is 9.68. The minimum absolute atomic E-state index is 0.0319. The molecule has 0 saturated carbocycles. The summed E-state index contributed by atoms with van der Waals surface area (Å²) in [7, 11) is -0.689. The van der Waals surface area contributed by atoms with Gasteiger partial charge in [-0.2, -0.15) is 0 Å². The summed E-state index contributed by atoms with van der Waals surface area (Å²) in [6, 6.07) is 9.91. The molecule has 8 nitrogen and oxygen atoms in total. The first-order valence-electron chi connectivity index (χ1n) is 9.90. The molecule has 0 radical (unpaired) electrons. The number of rotatable bonds is 7. The Morgan fingerprint density at radius 2 is 1.81 bits per heavy atom. The predicted molar refractivity (Wildman–Crippen MR) is 120 cm³/mol. The molecule has 0 unspecified atom stereocenters. The highest BCUT2D eigenvalue weighted by molar-refractivity contribution is 7.91. The second kappa shape index (κ2) is 8.66. The molecule has 3 rings (SSSR count). The van der Waals surface area contributed by atoms with Gasteiger partial charge < -0.3 is 19.1 Å². The summed E-state index contributed by atoms with van der Waals surface area (Å²) in [6.45, 7) is 6.25. The van der Waals surface area contributed by atoms with Crippen molar-refractivity contribution in [2.45, 2.75) is 26.5 Å². The third-order valence-corrected chi connectivity index (χ3v) is 6.32. The molecular formula is C22H28N2O6S. The maximum Gasteiger partial charge on any atom is 0.236 e. The van der Waals surface area contributed by atoms with Crippen molar-refractivity contribution < 1.29 is 27.4 Å². The van der Waals surface area contributed by atoms with E-state index in [2.05, 4.69) is 4.72 Å². The molecule has 0 spiro atoms. The average Bonchev–Trinajstić information content (AvgIpc) is 2.81. The SMILES string of the molecule is CCN1C(=O)C(C)(C)COc2cc(NS(=O)(=O)Cc3ccc(OC)c(OC)c3)ccc21. The zero-order valence-electron chi connectivity index (χ0n) is 18.4. The third kappa shape index (κ3) is 4.87. The first-order valence-corrected chi connectivity index (χ1v) is 11.6. The van der Waals surface area contributed by atoms with Crippen molar-refractivity contribution in [3.63, 3.8) is 0 Å². The van der Waals surface area contributed by atoms with E-state index in [1.54, 1.807) is 41.3 Å². The minimum Gasteiger partial charge on any atom is -0.493 e. The van der Waals surface area contributed by atoms with Crippen LogP contribution in [-0.2, 0) is 20.6 Å². The van der Waals surface area contributed by atoms with E-state index in [1.165, 1.54) is 14.2 Å². The molecule has 0 atom stereocenters. The number of anilines is 2. The Kier molecular flexibility index (Phi) is 6.35. The van der Waals surface area contributed by atoms with Gasteiger partial charge in [0.1, 0.15) is 12.4 Å². The summed E-state index contributed by atoms with van der Waals surface area (Å²) in [6.07, 6.45) is 0. The fraction of sp³-hybridized carbons (Fsp3) is 0.409. The number of benzene rings is 2. The summed E-state index contributed by atoms with van der Waals surface area (Å²) >= 11 is 0. The van der Waals surface area contributed by atoms with E-state index in [-0.39, 0.29) is 18.3 Å². The maximum absolute atomic E-state index is 12.8. The lowest BCUT2D eigenvalue weighted by Crippen LogP contribution is -2.42. The summed E-state index contributed by atoms with van der Waals surface area (Å²) in [5.74, 6) is 1.18. The number of fused-ring (bicyclic) bond motifs is 1. The Morgan fingerprint density at radius 1 is 1.10 bits per heavy atom. The maximum atomic E-state index is 12.8. The highest BCUT2D eigenvalue weighted by atomic mass is 32.2. The van der Waals surface area contributed by atoms with Gasteiger partial charge in [0.05, 0.1) is 36.8 Å². The van der Waals surface area contributed by atoms with E-state index in [9.17, 15) is 13.2 Å². The molecule has 9 heteroatoms. The molecule has 2 aromatic rings. The average molecular weight is 449 g/mol. The van der Waals surface area contributed by atoms with Crippen molar-refractivity contribution in [3.8, 4) is 17.2 Å². The topological polar surface area (TPSA) is 94.2 Å². The normalized spacial score (nSPS) is 15.5. The van der Waals surface area contributed by atoms with Gasteiger partial charge in [0.2, 0.25) is 15.9 Å². The van der Waals surface area contributed by atoms with Crippen molar-refractivity contribution in [1.29, 1.82) is 0 Å². The molecule has 1 aliphatic heterocycles. The molecule has 0 fully saturated rings. The van der Waals surface area contributed by atoms with Gasteiger partial charge in [0.25, 0.3) is 0 Å². The van der Waals surface area contributed by atoms with E-state index in [1.807, 2.05) is 20.8 Å². The van der Waals surface area contributed by atoms with Crippen LogP contribution in [0.15, 0.2) is 36.4 Å². The quantitative estimate of drug-likeness (QED) is 0.698. The lowest BCUT2D eigenvalue weighted by molar-refractivity contribution is -0.127. The molecule has 1 amide bonds. The first-order chi connectivity index (χ1) is 14.6. The summed E-state index contributed by atoms with van der Waals surface area (Å²) < 4.78 is 44.4. The second-order valence-electron chi connectivity index (χ2n) is 7.95. The molecule has 31 heavy (non-hydrogen) atoms. The molecule has 1 N–H and O–H groups in total. The number of carbonyl (C=O) groups excluding carboxylic acids is 1. The van der Waals surface area contributed by atoms with Crippen LogP contribution in [0.4, 0.5) is 11.4 Å². The molecule has 168 valence electrons. The monoisotopic (exact) mass is 448 g/mol. The molecule has 1 aliphatic rings.